The lowest BCUT2D eigenvalue weighted by atomic mass is 9.96. The SMILES string of the molecule is CNCCCNC(=O)c1ccc(S(=O)(=O)N(C)C2CCCCC2)cc1. The van der Waals surface area contributed by atoms with Crippen molar-refractivity contribution in [2.24, 2.45) is 0 Å². The molecule has 0 heterocycles. The fourth-order valence-corrected chi connectivity index (χ4v) is 4.57. The Kier molecular flexibility index (Phi) is 7.40. The third-order valence-corrected chi connectivity index (χ3v) is 6.70. The molecule has 0 bridgehead atoms. The van der Waals surface area contributed by atoms with Crippen LogP contribution in [-0.2, 0) is 10.0 Å². The third-order valence-electron chi connectivity index (χ3n) is 4.77. The van der Waals surface area contributed by atoms with Crippen molar-refractivity contribution in [1.29, 1.82) is 0 Å². The number of nitrogens with zero attached hydrogens (tertiary/aromatic N) is 1. The normalized spacial score (nSPS) is 16.1. The molecule has 1 aliphatic rings. The highest BCUT2D eigenvalue weighted by molar-refractivity contribution is 7.89. The molecule has 0 atom stereocenters. The molecule has 140 valence electrons. The first-order chi connectivity index (χ1) is 12.0. The van der Waals surface area contributed by atoms with Crippen molar-refractivity contribution in [3.8, 4) is 0 Å². The van der Waals surface area contributed by atoms with Gasteiger partial charge in [-0.1, -0.05) is 19.3 Å². The molecule has 2 rings (SSSR count). The van der Waals surface area contributed by atoms with Crippen molar-refractivity contribution >= 4 is 15.9 Å². The van der Waals surface area contributed by atoms with Gasteiger partial charge in [0, 0.05) is 25.2 Å². The molecule has 1 amide bonds. The molecule has 0 spiro atoms. The van der Waals surface area contributed by atoms with Crippen LogP contribution in [0.15, 0.2) is 29.2 Å². The van der Waals surface area contributed by atoms with E-state index in [2.05, 4.69) is 10.6 Å². The van der Waals surface area contributed by atoms with Crippen LogP contribution in [0.1, 0.15) is 48.9 Å². The molecule has 0 unspecified atom stereocenters. The van der Waals surface area contributed by atoms with Crippen LogP contribution in [0.2, 0.25) is 0 Å². The molecule has 1 saturated carbocycles. The second-order valence-corrected chi connectivity index (χ2v) is 8.55. The molecule has 1 aromatic carbocycles. The molecule has 0 aromatic heterocycles. The van der Waals surface area contributed by atoms with Gasteiger partial charge in [-0.05, 0) is 57.1 Å². The summed E-state index contributed by atoms with van der Waals surface area (Å²) in [6.45, 7) is 1.43. The molecular formula is C18H29N3O3S. The fraction of sp³-hybridized carbons (Fsp3) is 0.611. The van der Waals surface area contributed by atoms with Crippen LogP contribution in [0.4, 0.5) is 0 Å². The van der Waals surface area contributed by atoms with Gasteiger partial charge in [-0.2, -0.15) is 4.31 Å². The third kappa shape index (κ3) is 5.26. The standard InChI is InChI=1S/C18H29N3O3S/c1-19-13-6-14-20-18(22)15-9-11-17(12-10-15)25(23,24)21(2)16-7-4-3-5-8-16/h9-12,16,19H,3-8,13-14H2,1-2H3,(H,20,22). The van der Waals surface area contributed by atoms with Gasteiger partial charge < -0.3 is 10.6 Å². The predicted molar refractivity (Wildman–Crippen MR) is 99.1 cm³/mol. The fourth-order valence-electron chi connectivity index (χ4n) is 3.15. The summed E-state index contributed by atoms with van der Waals surface area (Å²) in [5.41, 5.74) is 0.476. The van der Waals surface area contributed by atoms with E-state index in [9.17, 15) is 13.2 Å². The van der Waals surface area contributed by atoms with Crippen LogP contribution >= 0.6 is 0 Å². The molecule has 1 aliphatic carbocycles. The summed E-state index contributed by atoms with van der Waals surface area (Å²) in [6.07, 6.45) is 6.03. The zero-order valence-electron chi connectivity index (χ0n) is 15.1. The number of rotatable bonds is 8. The van der Waals surface area contributed by atoms with Crippen LogP contribution in [0.5, 0.6) is 0 Å². The van der Waals surface area contributed by atoms with Crippen molar-refractivity contribution in [3.63, 3.8) is 0 Å². The van der Waals surface area contributed by atoms with E-state index in [1.807, 2.05) is 7.05 Å². The molecule has 7 heteroatoms. The molecule has 0 radical (unpaired) electrons. The number of carbonyl (C=O) groups excluding carboxylic acids is 1. The van der Waals surface area contributed by atoms with E-state index < -0.39 is 10.0 Å². The Morgan fingerprint density at radius 1 is 1.12 bits per heavy atom. The Labute approximate surface area is 151 Å². The summed E-state index contributed by atoms with van der Waals surface area (Å²) < 4.78 is 27.0. The van der Waals surface area contributed by atoms with Gasteiger partial charge in [-0.3, -0.25) is 4.79 Å². The van der Waals surface area contributed by atoms with Crippen molar-refractivity contribution < 1.29 is 13.2 Å². The minimum absolute atomic E-state index is 0.0777. The Morgan fingerprint density at radius 3 is 2.36 bits per heavy atom. The van der Waals surface area contributed by atoms with Crippen molar-refractivity contribution in [1.82, 2.24) is 14.9 Å². The van der Waals surface area contributed by atoms with Crippen molar-refractivity contribution in [2.45, 2.75) is 49.5 Å². The van der Waals surface area contributed by atoms with Crippen LogP contribution < -0.4 is 10.6 Å². The first-order valence-electron chi connectivity index (χ1n) is 8.97. The Hall–Kier alpha value is -1.44. The lowest BCUT2D eigenvalue weighted by Gasteiger charge is -2.30. The zero-order valence-corrected chi connectivity index (χ0v) is 15.9. The second kappa shape index (κ2) is 9.31. The second-order valence-electron chi connectivity index (χ2n) is 6.55. The van der Waals surface area contributed by atoms with E-state index in [0.717, 1.165) is 38.6 Å². The number of carbonyl (C=O) groups is 1. The van der Waals surface area contributed by atoms with Crippen molar-refractivity contribution in [3.05, 3.63) is 29.8 Å². The van der Waals surface area contributed by atoms with Gasteiger partial charge in [0.2, 0.25) is 10.0 Å². The van der Waals surface area contributed by atoms with Crippen LogP contribution in [0, 0.1) is 0 Å². The van der Waals surface area contributed by atoms with Crippen molar-refractivity contribution in [2.75, 3.05) is 27.2 Å². The summed E-state index contributed by atoms with van der Waals surface area (Å²) >= 11 is 0. The van der Waals surface area contributed by atoms with Gasteiger partial charge in [0.15, 0.2) is 0 Å². The highest BCUT2D eigenvalue weighted by atomic mass is 32.2. The average molecular weight is 368 g/mol. The Bertz CT molecular complexity index is 653. The predicted octanol–water partition coefficient (Wildman–Crippen LogP) is 1.98. The number of benzene rings is 1. The minimum Gasteiger partial charge on any atom is -0.352 e. The molecular weight excluding hydrogens is 338 g/mol. The first-order valence-corrected chi connectivity index (χ1v) is 10.4. The summed E-state index contributed by atoms with van der Waals surface area (Å²) in [7, 11) is 0.0148. The van der Waals surface area contributed by atoms with Crippen LogP contribution in [0.3, 0.4) is 0 Å². The van der Waals surface area contributed by atoms with Crippen LogP contribution in [0.25, 0.3) is 0 Å². The molecule has 25 heavy (non-hydrogen) atoms. The molecule has 0 saturated heterocycles. The average Bonchev–Trinajstić information content (AvgIpc) is 2.65. The number of nitrogens with one attached hydrogen (secondary N) is 2. The number of hydrogen-bond donors (Lipinski definition) is 2. The molecule has 2 N–H and O–H groups in total. The first kappa shape index (κ1) is 19.9. The van der Waals surface area contributed by atoms with Gasteiger partial charge in [-0.15, -0.1) is 0 Å². The minimum atomic E-state index is -3.51. The molecule has 1 fully saturated rings. The van der Waals surface area contributed by atoms with E-state index in [-0.39, 0.29) is 16.8 Å². The Balaban J connectivity index is 2.01. The maximum atomic E-state index is 12.8. The monoisotopic (exact) mass is 367 g/mol. The summed E-state index contributed by atoms with van der Waals surface area (Å²) in [4.78, 5) is 12.3. The number of hydrogen-bond acceptors (Lipinski definition) is 4. The Morgan fingerprint density at radius 2 is 1.76 bits per heavy atom. The quantitative estimate of drug-likeness (QED) is 0.689. The van der Waals surface area contributed by atoms with Gasteiger partial charge in [0.05, 0.1) is 4.90 Å². The lowest BCUT2D eigenvalue weighted by Crippen LogP contribution is -2.38. The summed E-state index contributed by atoms with van der Waals surface area (Å²) in [5, 5.41) is 5.85. The van der Waals surface area contributed by atoms with Gasteiger partial charge in [-0.25, -0.2) is 8.42 Å². The van der Waals surface area contributed by atoms with Gasteiger partial charge >= 0.3 is 0 Å². The topological polar surface area (TPSA) is 78.5 Å². The largest absolute Gasteiger partial charge is 0.352 e. The number of sulfonamides is 1. The highest BCUT2D eigenvalue weighted by Crippen LogP contribution is 2.26. The van der Waals surface area contributed by atoms with Gasteiger partial charge in [0.1, 0.15) is 0 Å². The summed E-state index contributed by atoms with van der Waals surface area (Å²) in [6, 6.07) is 6.28. The maximum Gasteiger partial charge on any atom is 0.251 e. The van der Waals surface area contributed by atoms with E-state index in [0.29, 0.717) is 12.1 Å². The van der Waals surface area contributed by atoms with E-state index >= 15 is 0 Å². The van der Waals surface area contributed by atoms with Crippen LogP contribution in [-0.4, -0.2) is 51.9 Å². The number of amides is 1. The lowest BCUT2D eigenvalue weighted by molar-refractivity contribution is 0.0953. The smallest absolute Gasteiger partial charge is 0.251 e. The molecule has 6 nitrogen and oxygen atoms in total. The molecule has 0 aliphatic heterocycles. The van der Waals surface area contributed by atoms with E-state index in [4.69, 9.17) is 0 Å². The maximum absolute atomic E-state index is 12.8. The molecule has 1 aromatic rings. The van der Waals surface area contributed by atoms with E-state index in [1.54, 1.807) is 19.2 Å². The zero-order chi connectivity index (χ0) is 18.3. The summed E-state index contributed by atoms with van der Waals surface area (Å²) in [5.74, 6) is -0.180. The van der Waals surface area contributed by atoms with Gasteiger partial charge in [0.25, 0.3) is 5.91 Å². The van der Waals surface area contributed by atoms with E-state index in [1.165, 1.54) is 22.9 Å². The highest BCUT2D eigenvalue weighted by Gasteiger charge is 2.29.